The molecule has 0 aromatic heterocycles. The van der Waals surface area contributed by atoms with Gasteiger partial charge in [0.2, 0.25) is 0 Å². The molecule has 6 heteroatoms. The van der Waals surface area contributed by atoms with Crippen molar-refractivity contribution in [2.75, 3.05) is 25.3 Å². The smallest absolute Gasteiger partial charge is 0.327 e. The lowest BCUT2D eigenvalue weighted by atomic mass is 10.3. The molecule has 0 radical (unpaired) electrons. The van der Waals surface area contributed by atoms with E-state index < -0.39 is 5.97 Å². The highest BCUT2D eigenvalue weighted by Crippen LogP contribution is 2.19. The molecule has 0 spiro atoms. The normalized spacial score (nSPS) is 9.53. The van der Waals surface area contributed by atoms with Crippen LogP contribution in [0.4, 0.5) is 5.69 Å². The highest BCUT2D eigenvalue weighted by atomic mass is 16.5. The summed E-state index contributed by atoms with van der Waals surface area (Å²) in [5, 5.41) is 3.80. The molecule has 0 N–H and O–H groups in total. The van der Waals surface area contributed by atoms with Gasteiger partial charge >= 0.3 is 5.97 Å². The van der Waals surface area contributed by atoms with Crippen LogP contribution in [0, 0.1) is 4.91 Å². The van der Waals surface area contributed by atoms with Crippen molar-refractivity contribution in [2.45, 2.75) is 6.92 Å². The highest BCUT2D eigenvalue weighted by Gasteiger charge is 2.12. The second-order valence-corrected chi connectivity index (χ2v) is 3.14. The molecular weight excluding hydrogens is 224 g/mol. The van der Waals surface area contributed by atoms with Gasteiger partial charge in [0, 0.05) is 0 Å². The number of nitroso groups, excluding NO2 is 1. The first-order chi connectivity index (χ1) is 8.21. The first-order valence-electron chi connectivity index (χ1n) is 5.11. The summed E-state index contributed by atoms with van der Waals surface area (Å²) in [4.78, 5) is 21.9. The second-order valence-electron chi connectivity index (χ2n) is 3.14. The number of ether oxygens (including phenoxy) is 2. The average Bonchev–Trinajstić information content (AvgIpc) is 2.36. The molecular formula is C11H14N2O4. The van der Waals surface area contributed by atoms with Gasteiger partial charge in [-0.25, -0.2) is 5.01 Å². The largest absolute Gasteiger partial charge is 0.497 e. The van der Waals surface area contributed by atoms with Gasteiger partial charge in [-0.2, -0.15) is 0 Å². The zero-order chi connectivity index (χ0) is 12.7. The van der Waals surface area contributed by atoms with Crippen LogP contribution in [-0.2, 0) is 9.53 Å². The van der Waals surface area contributed by atoms with Crippen LogP contribution in [0.5, 0.6) is 5.75 Å². The van der Waals surface area contributed by atoms with Gasteiger partial charge < -0.3 is 9.47 Å². The molecule has 0 atom stereocenters. The number of hydrogen-bond donors (Lipinski definition) is 0. The molecule has 0 fully saturated rings. The number of carbonyl (C=O) groups is 1. The standard InChI is InChI=1S/C11H14N2O4/c1-3-17-11(14)8-13(12-15)9-4-6-10(16-2)7-5-9/h4-7H,3,8H2,1-2H3. The van der Waals surface area contributed by atoms with Crippen LogP contribution in [0.15, 0.2) is 29.6 Å². The van der Waals surface area contributed by atoms with E-state index in [2.05, 4.69) is 5.29 Å². The molecule has 92 valence electrons. The maximum Gasteiger partial charge on any atom is 0.327 e. The van der Waals surface area contributed by atoms with Gasteiger partial charge in [-0.3, -0.25) is 4.79 Å². The minimum absolute atomic E-state index is 0.205. The van der Waals surface area contributed by atoms with Gasteiger partial charge in [0.05, 0.1) is 24.7 Å². The SMILES string of the molecule is CCOC(=O)CN(N=O)c1ccc(OC)cc1. The Morgan fingerprint density at radius 1 is 1.35 bits per heavy atom. The van der Waals surface area contributed by atoms with Gasteiger partial charge in [-0.1, -0.05) is 0 Å². The maximum absolute atomic E-state index is 11.2. The van der Waals surface area contributed by atoms with Crippen molar-refractivity contribution in [2.24, 2.45) is 5.29 Å². The van der Waals surface area contributed by atoms with Gasteiger partial charge in [0.1, 0.15) is 12.3 Å². The number of carbonyl (C=O) groups excluding carboxylic acids is 1. The number of methoxy groups -OCH3 is 1. The molecule has 0 saturated heterocycles. The van der Waals surface area contributed by atoms with Gasteiger partial charge in [0.15, 0.2) is 0 Å². The fourth-order valence-electron chi connectivity index (χ4n) is 1.25. The monoisotopic (exact) mass is 238 g/mol. The lowest BCUT2D eigenvalue weighted by Gasteiger charge is -2.14. The second kappa shape index (κ2) is 6.47. The molecule has 0 saturated carbocycles. The number of anilines is 1. The Morgan fingerprint density at radius 2 is 2.00 bits per heavy atom. The lowest BCUT2D eigenvalue weighted by Crippen LogP contribution is -2.25. The summed E-state index contributed by atoms with van der Waals surface area (Å²) in [5.74, 6) is 0.165. The minimum Gasteiger partial charge on any atom is -0.497 e. The van der Waals surface area contributed by atoms with Crippen LogP contribution in [0.3, 0.4) is 0 Å². The summed E-state index contributed by atoms with van der Waals surface area (Å²) in [5.41, 5.74) is 0.508. The number of nitrogens with zero attached hydrogens (tertiary/aromatic N) is 2. The van der Waals surface area contributed by atoms with E-state index in [9.17, 15) is 9.70 Å². The van der Waals surface area contributed by atoms with E-state index in [4.69, 9.17) is 9.47 Å². The number of hydrogen-bond acceptors (Lipinski definition) is 5. The van der Waals surface area contributed by atoms with E-state index in [-0.39, 0.29) is 13.2 Å². The van der Waals surface area contributed by atoms with Crippen molar-refractivity contribution < 1.29 is 14.3 Å². The number of rotatable bonds is 6. The summed E-state index contributed by atoms with van der Waals surface area (Å²) in [6.07, 6.45) is 0. The van der Waals surface area contributed by atoms with E-state index in [1.54, 1.807) is 38.3 Å². The average molecular weight is 238 g/mol. The Labute approximate surface area is 99.1 Å². The molecule has 0 aliphatic heterocycles. The van der Waals surface area contributed by atoms with Crippen LogP contribution in [0.25, 0.3) is 0 Å². The molecule has 0 unspecified atom stereocenters. The first-order valence-corrected chi connectivity index (χ1v) is 5.11. The van der Waals surface area contributed by atoms with Gasteiger partial charge in [-0.15, -0.1) is 4.91 Å². The van der Waals surface area contributed by atoms with Crippen LogP contribution in [-0.4, -0.2) is 26.2 Å². The predicted molar refractivity (Wildman–Crippen MR) is 62.8 cm³/mol. The Hall–Kier alpha value is -2.11. The molecule has 6 nitrogen and oxygen atoms in total. The third-order valence-electron chi connectivity index (χ3n) is 2.05. The zero-order valence-corrected chi connectivity index (χ0v) is 9.75. The van der Waals surface area contributed by atoms with Crippen molar-refractivity contribution >= 4 is 11.7 Å². The summed E-state index contributed by atoms with van der Waals surface area (Å²) >= 11 is 0. The number of esters is 1. The molecule has 0 bridgehead atoms. The fraction of sp³-hybridized carbons (Fsp3) is 0.364. The van der Waals surface area contributed by atoms with E-state index in [1.807, 2.05) is 0 Å². The van der Waals surface area contributed by atoms with Crippen molar-refractivity contribution in [3.8, 4) is 5.75 Å². The van der Waals surface area contributed by atoms with Gasteiger partial charge in [0.25, 0.3) is 0 Å². The maximum atomic E-state index is 11.2. The van der Waals surface area contributed by atoms with Crippen LogP contribution in [0.2, 0.25) is 0 Å². The third kappa shape index (κ3) is 3.75. The van der Waals surface area contributed by atoms with Crippen molar-refractivity contribution in [1.29, 1.82) is 0 Å². The molecule has 1 aromatic rings. The minimum atomic E-state index is -0.497. The van der Waals surface area contributed by atoms with Crippen molar-refractivity contribution in [3.05, 3.63) is 29.2 Å². The number of benzene rings is 1. The van der Waals surface area contributed by atoms with E-state index in [0.717, 1.165) is 5.01 Å². The van der Waals surface area contributed by atoms with Crippen molar-refractivity contribution in [1.82, 2.24) is 0 Å². The van der Waals surface area contributed by atoms with Crippen molar-refractivity contribution in [3.63, 3.8) is 0 Å². The van der Waals surface area contributed by atoms with E-state index in [1.165, 1.54) is 0 Å². The van der Waals surface area contributed by atoms with Gasteiger partial charge in [-0.05, 0) is 31.2 Å². The summed E-state index contributed by atoms with van der Waals surface area (Å²) in [6, 6.07) is 6.64. The first kappa shape index (κ1) is 13.0. The molecule has 0 amide bonds. The van der Waals surface area contributed by atoms with E-state index >= 15 is 0 Å². The van der Waals surface area contributed by atoms with Crippen LogP contribution in [0.1, 0.15) is 6.92 Å². The summed E-state index contributed by atoms with van der Waals surface area (Å²) in [7, 11) is 1.55. The molecule has 0 aliphatic rings. The quantitative estimate of drug-likeness (QED) is 0.429. The lowest BCUT2D eigenvalue weighted by molar-refractivity contribution is -0.141. The fourth-order valence-corrected chi connectivity index (χ4v) is 1.25. The predicted octanol–water partition coefficient (Wildman–Crippen LogP) is 1.75. The van der Waals surface area contributed by atoms with E-state index in [0.29, 0.717) is 11.4 Å². The van der Waals surface area contributed by atoms with Crippen LogP contribution >= 0.6 is 0 Å². The summed E-state index contributed by atoms with van der Waals surface area (Å²) in [6.45, 7) is 1.77. The molecule has 17 heavy (non-hydrogen) atoms. The highest BCUT2D eigenvalue weighted by molar-refractivity contribution is 5.75. The Bertz CT molecular complexity index is 378. The Morgan fingerprint density at radius 3 is 2.47 bits per heavy atom. The Balaban J connectivity index is 2.72. The topological polar surface area (TPSA) is 68.2 Å². The molecule has 1 aromatic carbocycles. The zero-order valence-electron chi connectivity index (χ0n) is 9.75. The van der Waals surface area contributed by atoms with Crippen LogP contribution < -0.4 is 9.75 Å². The molecule has 0 heterocycles. The molecule has 0 aliphatic carbocycles. The molecule has 1 rings (SSSR count). The summed E-state index contributed by atoms with van der Waals surface area (Å²) < 4.78 is 9.72. The Kier molecular flexibility index (Phi) is 4.93. The third-order valence-corrected chi connectivity index (χ3v) is 2.05.